The van der Waals surface area contributed by atoms with Crippen molar-refractivity contribution in [2.45, 2.75) is 25.7 Å². The molecule has 3 aromatic heterocycles. The van der Waals surface area contributed by atoms with Crippen molar-refractivity contribution in [2.75, 3.05) is 13.7 Å². The van der Waals surface area contributed by atoms with Gasteiger partial charge in [-0.15, -0.1) is 0 Å². The zero-order valence-electron chi connectivity index (χ0n) is 18.9. The summed E-state index contributed by atoms with van der Waals surface area (Å²) in [7, 11) is 1.53. The number of alkyl halides is 3. The van der Waals surface area contributed by atoms with E-state index in [2.05, 4.69) is 20.1 Å². The molecule has 1 aliphatic heterocycles. The standard InChI is InChI=1S/C24H21F3N6O2/c1-15-13-32(14-28-15)19-9-7-16(29-23(19)34-2)8-10-20-30-22-21(35-12-11-33(22)31-20)17-5-3-4-6-18(17)24(25,26)27/h3-10,13-14,21H,11-12H2,1-2H3/b10-8+/t21-/m1/s1. The molecule has 0 saturated carbocycles. The Morgan fingerprint density at radius 1 is 1.11 bits per heavy atom. The Morgan fingerprint density at radius 2 is 1.94 bits per heavy atom. The predicted molar refractivity (Wildman–Crippen MR) is 121 cm³/mol. The van der Waals surface area contributed by atoms with Gasteiger partial charge in [-0.05, 0) is 37.3 Å². The van der Waals surface area contributed by atoms with Gasteiger partial charge in [-0.25, -0.2) is 19.6 Å². The smallest absolute Gasteiger partial charge is 0.416 e. The van der Waals surface area contributed by atoms with Crippen LogP contribution in [-0.2, 0) is 17.5 Å². The van der Waals surface area contributed by atoms with Crippen LogP contribution in [0.1, 0.15) is 40.3 Å². The number of hydrogen-bond acceptors (Lipinski definition) is 6. The van der Waals surface area contributed by atoms with E-state index in [9.17, 15) is 13.2 Å². The molecule has 0 amide bonds. The number of halogens is 3. The summed E-state index contributed by atoms with van der Waals surface area (Å²) in [5.41, 5.74) is 1.48. The molecule has 5 rings (SSSR count). The van der Waals surface area contributed by atoms with Crippen LogP contribution in [0.4, 0.5) is 13.2 Å². The van der Waals surface area contributed by atoms with Crippen LogP contribution in [0.2, 0.25) is 0 Å². The highest BCUT2D eigenvalue weighted by molar-refractivity contribution is 5.65. The summed E-state index contributed by atoms with van der Waals surface area (Å²) < 4.78 is 55.2. The quantitative estimate of drug-likeness (QED) is 0.417. The number of hydrogen-bond donors (Lipinski definition) is 0. The molecule has 11 heteroatoms. The number of aryl methyl sites for hydroxylation is 1. The molecule has 0 unspecified atom stereocenters. The molecule has 4 aromatic rings. The number of fused-ring (bicyclic) bond motifs is 1. The van der Waals surface area contributed by atoms with Crippen LogP contribution in [-0.4, -0.2) is 43.0 Å². The van der Waals surface area contributed by atoms with Crippen LogP contribution >= 0.6 is 0 Å². The van der Waals surface area contributed by atoms with E-state index in [1.165, 1.54) is 19.2 Å². The van der Waals surface area contributed by atoms with Crippen molar-refractivity contribution in [1.82, 2.24) is 29.3 Å². The molecular weight excluding hydrogens is 461 g/mol. The Morgan fingerprint density at radius 3 is 2.69 bits per heavy atom. The summed E-state index contributed by atoms with van der Waals surface area (Å²) >= 11 is 0. The van der Waals surface area contributed by atoms with Crippen molar-refractivity contribution in [1.29, 1.82) is 0 Å². The largest absolute Gasteiger partial charge is 0.479 e. The molecule has 0 fully saturated rings. The number of rotatable bonds is 5. The van der Waals surface area contributed by atoms with Crippen LogP contribution in [0.5, 0.6) is 5.88 Å². The zero-order valence-corrected chi connectivity index (χ0v) is 18.9. The third-order valence-corrected chi connectivity index (χ3v) is 5.54. The average Bonchev–Trinajstić information content (AvgIpc) is 3.47. The van der Waals surface area contributed by atoms with Gasteiger partial charge in [-0.2, -0.15) is 18.3 Å². The average molecular weight is 482 g/mol. The van der Waals surface area contributed by atoms with E-state index in [4.69, 9.17) is 9.47 Å². The van der Waals surface area contributed by atoms with Gasteiger partial charge in [-0.3, -0.25) is 0 Å². The highest BCUT2D eigenvalue weighted by atomic mass is 19.4. The SMILES string of the molecule is COc1nc(/C=C/c2nc3n(n2)CCO[C@@H]3c2ccccc2C(F)(F)F)ccc1-n1cnc(C)c1. The van der Waals surface area contributed by atoms with E-state index < -0.39 is 17.8 Å². The van der Waals surface area contributed by atoms with E-state index in [-0.39, 0.29) is 12.2 Å². The van der Waals surface area contributed by atoms with Gasteiger partial charge in [0.05, 0.1) is 43.5 Å². The third-order valence-electron chi connectivity index (χ3n) is 5.54. The molecule has 180 valence electrons. The Labute approximate surface area is 198 Å². The molecule has 4 heterocycles. The minimum Gasteiger partial charge on any atom is -0.479 e. The normalized spacial score (nSPS) is 16.0. The van der Waals surface area contributed by atoms with Gasteiger partial charge in [0.15, 0.2) is 11.6 Å². The molecule has 1 atom stereocenters. The lowest BCUT2D eigenvalue weighted by Crippen LogP contribution is -2.25. The molecule has 0 bridgehead atoms. The van der Waals surface area contributed by atoms with Crippen molar-refractivity contribution in [3.63, 3.8) is 0 Å². The summed E-state index contributed by atoms with van der Waals surface area (Å²) in [5, 5.41) is 4.43. The number of benzene rings is 1. The second-order valence-electron chi connectivity index (χ2n) is 7.91. The van der Waals surface area contributed by atoms with Gasteiger partial charge in [0.1, 0.15) is 11.8 Å². The molecule has 1 aliphatic rings. The lowest BCUT2D eigenvalue weighted by atomic mass is 10.0. The Balaban J connectivity index is 1.43. The van der Waals surface area contributed by atoms with Gasteiger partial charge in [0.2, 0.25) is 5.88 Å². The molecule has 0 saturated heterocycles. The maximum absolute atomic E-state index is 13.6. The minimum atomic E-state index is -4.50. The van der Waals surface area contributed by atoms with Crippen molar-refractivity contribution < 1.29 is 22.6 Å². The molecule has 0 radical (unpaired) electrons. The fourth-order valence-electron chi connectivity index (χ4n) is 3.95. The fourth-order valence-corrected chi connectivity index (χ4v) is 3.95. The Hall–Kier alpha value is -3.99. The molecule has 35 heavy (non-hydrogen) atoms. The molecular formula is C24H21F3N6O2. The van der Waals surface area contributed by atoms with Crippen LogP contribution in [0.3, 0.4) is 0 Å². The second-order valence-corrected chi connectivity index (χ2v) is 7.91. The summed E-state index contributed by atoms with van der Waals surface area (Å²) in [6.07, 6.45) is 1.45. The Kier molecular flexibility index (Phi) is 5.85. The minimum absolute atomic E-state index is 0.0145. The first-order chi connectivity index (χ1) is 16.8. The van der Waals surface area contributed by atoms with E-state index in [0.717, 1.165) is 17.4 Å². The summed E-state index contributed by atoms with van der Waals surface area (Å²) in [6, 6.07) is 9.03. The number of aromatic nitrogens is 6. The predicted octanol–water partition coefficient (Wildman–Crippen LogP) is 4.48. The van der Waals surface area contributed by atoms with Crippen molar-refractivity contribution in [2.24, 2.45) is 0 Å². The van der Waals surface area contributed by atoms with Crippen molar-refractivity contribution in [3.8, 4) is 11.6 Å². The number of nitrogens with zero attached hydrogens (tertiary/aromatic N) is 6. The maximum Gasteiger partial charge on any atom is 0.416 e. The van der Waals surface area contributed by atoms with E-state index in [0.29, 0.717) is 29.8 Å². The zero-order chi connectivity index (χ0) is 24.6. The second kappa shape index (κ2) is 8.99. The van der Waals surface area contributed by atoms with Crippen molar-refractivity contribution in [3.05, 3.63) is 83.1 Å². The molecule has 0 spiro atoms. The first-order valence-corrected chi connectivity index (χ1v) is 10.8. The number of methoxy groups -OCH3 is 1. The third kappa shape index (κ3) is 4.54. The lowest BCUT2D eigenvalue weighted by molar-refractivity contribution is -0.139. The molecule has 1 aromatic carbocycles. The maximum atomic E-state index is 13.6. The van der Waals surface area contributed by atoms with E-state index in [1.54, 1.807) is 29.2 Å². The highest BCUT2D eigenvalue weighted by Gasteiger charge is 2.38. The fraction of sp³-hybridized carbons (Fsp3) is 0.250. The monoisotopic (exact) mass is 482 g/mol. The molecule has 8 nitrogen and oxygen atoms in total. The summed E-state index contributed by atoms with van der Waals surface area (Å²) in [5.74, 6) is 1.08. The number of ether oxygens (including phenoxy) is 2. The lowest BCUT2D eigenvalue weighted by Gasteiger charge is -2.25. The first-order valence-electron chi connectivity index (χ1n) is 10.8. The van der Waals surface area contributed by atoms with Gasteiger partial charge < -0.3 is 14.0 Å². The van der Waals surface area contributed by atoms with Crippen molar-refractivity contribution >= 4 is 12.2 Å². The van der Waals surface area contributed by atoms with Crippen LogP contribution in [0, 0.1) is 6.92 Å². The topological polar surface area (TPSA) is 79.9 Å². The van der Waals surface area contributed by atoms with Gasteiger partial charge in [0, 0.05) is 11.8 Å². The van der Waals surface area contributed by atoms with Crippen LogP contribution in [0.15, 0.2) is 48.9 Å². The van der Waals surface area contributed by atoms with Gasteiger partial charge in [-0.1, -0.05) is 18.2 Å². The highest BCUT2D eigenvalue weighted by Crippen LogP contribution is 2.38. The van der Waals surface area contributed by atoms with Gasteiger partial charge in [0.25, 0.3) is 0 Å². The van der Waals surface area contributed by atoms with Crippen LogP contribution < -0.4 is 4.74 Å². The first kappa shape index (κ1) is 22.8. The van der Waals surface area contributed by atoms with Crippen LogP contribution in [0.25, 0.3) is 17.8 Å². The summed E-state index contributed by atoms with van der Waals surface area (Å²) in [4.78, 5) is 13.2. The van der Waals surface area contributed by atoms with E-state index in [1.807, 2.05) is 29.8 Å². The summed E-state index contributed by atoms with van der Waals surface area (Å²) in [6.45, 7) is 2.51. The molecule has 0 N–H and O–H groups in total. The van der Waals surface area contributed by atoms with E-state index >= 15 is 0 Å². The molecule has 0 aliphatic carbocycles. The number of pyridine rings is 1. The number of imidazole rings is 1. The van der Waals surface area contributed by atoms with Gasteiger partial charge >= 0.3 is 6.18 Å². The Bertz CT molecular complexity index is 1390.